The normalized spacial score (nSPS) is 11.1. The summed E-state index contributed by atoms with van der Waals surface area (Å²) in [4.78, 5) is 4.47. The van der Waals surface area contributed by atoms with Crippen molar-refractivity contribution in [2.75, 3.05) is 0 Å². The summed E-state index contributed by atoms with van der Waals surface area (Å²) in [7, 11) is 1.90. The third kappa shape index (κ3) is 3.50. The van der Waals surface area contributed by atoms with Crippen LogP contribution in [0.1, 0.15) is 5.56 Å². The number of nitrogens with zero attached hydrogens (tertiary/aromatic N) is 3. The van der Waals surface area contributed by atoms with Crippen LogP contribution in [-0.4, -0.2) is 14.8 Å². The Morgan fingerprint density at radius 1 is 0.966 bits per heavy atom. The van der Waals surface area contributed by atoms with Crippen LogP contribution in [-0.2, 0) is 13.7 Å². The average Bonchev–Trinajstić information content (AvgIpc) is 3.39. The maximum Gasteiger partial charge on any atom is 0.161 e. The van der Waals surface area contributed by atoms with Gasteiger partial charge in [-0.15, -0.1) is 0 Å². The topological polar surface area (TPSA) is 53.1 Å². The van der Waals surface area contributed by atoms with Crippen LogP contribution in [0.3, 0.4) is 0 Å². The van der Waals surface area contributed by atoms with E-state index < -0.39 is 0 Å². The molecule has 3 heterocycles. The highest BCUT2D eigenvalue weighted by molar-refractivity contribution is 5.92. The van der Waals surface area contributed by atoms with Crippen LogP contribution < -0.4 is 4.74 Å². The largest absolute Gasteiger partial charge is 0.489 e. The number of pyridine rings is 1. The lowest BCUT2D eigenvalue weighted by Gasteiger charge is -2.07. The van der Waals surface area contributed by atoms with Crippen molar-refractivity contribution in [3.05, 3.63) is 90.9 Å². The van der Waals surface area contributed by atoms with Gasteiger partial charge >= 0.3 is 0 Å². The highest BCUT2D eigenvalue weighted by Crippen LogP contribution is 2.34. The van der Waals surface area contributed by atoms with Gasteiger partial charge in [0.1, 0.15) is 23.6 Å². The summed E-state index contributed by atoms with van der Waals surface area (Å²) in [5, 5.41) is 4.26. The van der Waals surface area contributed by atoms with Gasteiger partial charge in [0, 0.05) is 42.2 Å². The van der Waals surface area contributed by atoms with E-state index in [4.69, 9.17) is 9.15 Å². The van der Waals surface area contributed by atoms with E-state index in [9.17, 15) is 0 Å². The van der Waals surface area contributed by atoms with Crippen LogP contribution in [0.15, 0.2) is 89.7 Å². The predicted octanol–water partition coefficient (Wildman–Crippen LogP) is 5.47. The number of aryl methyl sites for hydroxylation is 1. The molecule has 5 nitrogen and oxygen atoms in total. The van der Waals surface area contributed by atoms with Gasteiger partial charge in [-0.2, -0.15) is 5.10 Å². The zero-order valence-corrected chi connectivity index (χ0v) is 15.9. The Morgan fingerprint density at radius 2 is 1.86 bits per heavy atom. The molecule has 0 saturated carbocycles. The Morgan fingerprint density at radius 3 is 2.69 bits per heavy atom. The number of furan rings is 1. The maximum atomic E-state index is 6.21. The summed E-state index contributed by atoms with van der Waals surface area (Å²) in [5.41, 5.74) is 5.63. The molecule has 0 aliphatic heterocycles. The smallest absolute Gasteiger partial charge is 0.161 e. The molecule has 0 aliphatic rings. The zero-order valence-electron chi connectivity index (χ0n) is 15.9. The molecule has 0 saturated heterocycles. The first-order valence-electron chi connectivity index (χ1n) is 9.41. The number of aromatic nitrogens is 3. The van der Waals surface area contributed by atoms with Gasteiger partial charge in [0.2, 0.25) is 0 Å². The zero-order chi connectivity index (χ0) is 19.6. The maximum absolute atomic E-state index is 6.21. The van der Waals surface area contributed by atoms with Crippen molar-refractivity contribution in [3.63, 3.8) is 0 Å². The van der Waals surface area contributed by atoms with Gasteiger partial charge < -0.3 is 9.15 Å². The number of fused-ring (bicyclic) bond motifs is 1. The fourth-order valence-corrected chi connectivity index (χ4v) is 3.35. The molecule has 142 valence electrons. The number of hydrogen-bond acceptors (Lipinski definition) is 4. The minimum atomic E-state index is 0.525. The molecule has 0 unspecified atom stereocenters. The molecule has 0 spiro atoms. The lowest BCUT2D eigenvalue weighted by Crippen LogP contribution is -1.94. The highest BCUT2D eigenvalue weighted by atomic mass is 16.5. The standard InChI is InChI=1S/C24H19N3O2/c1-27-15-19(14-26-27)21-10-11-25-22-13-23(29-24(21)22)18-8-5-9-20(12-18)28-16-17-6-3-2-4-7-17/h2-15H,16H2,1H3. The summed E-state index contributed by atoms with van der Waals surface area (Å²) in [5.74, 6) is 1.56. The van der Waals surface area contributed by atoms with Crippen molar-refractivity contribution >= 4 is 11.1 Å². The van der Waals surface area contributed by atoms with Crippen molar-refractivity contribution in [3.8, 4) is 28.2 Å². The lowest BCUT2D eigenvalue weighted by atomic mass is 10.1. The van der Waals surface area contributed by atoms with Crippen LogP contribution in [0.5, 0.6) is 5.75 Å². The molecule has 5 heteroatoms. The number of hydrogen-bond donors (Lipinski definition) is 0. The molecule has 29 heavy (non-hydrogen) atoms. The van der Waals surface area contributed by atoms with Crippen molar-refractivity contribution in [2.45, 2.75) is 6.61 Å². The third-order valence-corrected chi connectivity index (χ3v) is 4.79. The Labute approximate surface area is 168 Å². The molecule has 0 bridgehead atoms. The highest BCUT2D eigenvalue weighted by Gasteiger charge is 2.14. The fourth-order valence-electron chi connectivity index (χ4n) is 3.35. The molecule has 0 atom stereocenters. The summed E-state index contributed by atoms with van der Waals surface area (Å²) in [6, 6.07) is 22.0. The monoisotopic (exact) mass is 381 g/mol. The molecular weight excluding hydrogens is 362 g/mol. The predicted molar refractivity (Wildman–Crippen MR) is 112 cm³/mol. The SMILES string of the molecule is Cn1cc(-c2ccnc3cc(-c4cccc(OCc5ccccc5)c4)oc23)cn1. The number of rotatable bonds is 5. The molecule has 5 aromatic rings. The van der Waals surface area contributed by atoms with Gasteiger partial charge in [0.25, 0.3) is 0 Å². The summed E-state index contributed by atoms with van der Waals surface area (Å²) < 4.78 is 13.9. The Bertz CT molecular complexity index is 1270. The first-order chi connectivity index (χ1) is 14.3. The molecule has 0 radical (unpaired) electrons. The van der Waals surface area contributed by atoms with Gasteiger partial charge in [0.15, 0.2) is 5.58 Å². The average molecular weight is 381 g/mol. The van der Waals surface area contributed by atoms with Gasteiger partial charge in [0.05, 0.1) is 6.20 Å². The molecule has 3 aromatic heterocycles. The summed E-state index contributed by atoms with van der Waals surface area (Å²) in [6.07, 6.45) is 5.59. The Kier molecular flexibility index (Phi) is 4.33. The quantitative estimate of drug-likeness (QED) is 0.405. The van der Waals surface area contributed by atoms with E-state index in [1.165, 1.54) is 0 Å². The number of ether oxygens (including phenoxy) is 1. The summed E-state index contributed by atoms with van der Waals surface area (Å²) >= 11 is 0. The summed E-state index contributed by atoms with van der Waals surface area (Å²) in [6.45, 7) is 0.525. The van der Waals surface area contributed by atoms with Crippen LogP contribution >= 0.6 is 0 Å². The van der Waals surface area contributed by atoms with E-state index in [1.807, 2.05) is 74.0 Å². The van der Waals surface area contributed by atoms with E-state index in [1.54, 1.807) is 10.9 Å². The second kappa shape index (κ2) is 7.28. The second-order valence-electron chi connectivity index (χ2n) is 6.89. The third-order valence-electron chi connectivity index (χ3n) is 4.79. The Hall–Kier alpha value is -3.86. The lowest BCUT2D eigenvalue weighted by molar-refractivity contribution is 0.306. The molecule has 0 aliphatic carbocycles. The molecule has 5 rings (SSSR count). The van der Waals surface area contributed by atoms with Gasteiger partial charge in [-0.1, -0.05) is 42.5 Å². The van der Waals surface area contributed by atoms with Gasteiger partial charge in [-0.05, 0) is 23.8 Å². The van der Waals surface area contributed by atoms with E-state index in [0.29, 0.717) is 6.61 Å². The first kappa shape index (κ1) is 17.3. The number of benzene rings is 2. The van der Waals surface area contributed by atoms with Crippen molar-refractivity contribution in [2.24, 2.45) is 7.05 Å². The van der Waals surface area contributed by atoms with Crippen LogP contribution in [0, 0.1) is 0 Å². The van der Waals surface area contributed by atoms with Crippen molar-refractivity contribution in [1.82, 2.24) is 14.8 Å². The van der Waals surface area contributed by atoms with Crippen LogP contribution in [0.25, 0.3) is 33.6 Å². The Balaban J connectivity index is 1.46. The fraction of sp³-hybridized carbons (Fsp3) is 0.0833. The van der Waals surface area contributed by atoms with Crippen LogP contribution in [0.2, 0.25) is 0 Å². The first-order valence-corrected chi connectivity index (χ1v) is 9.41. The van der Waals surface area contributed by atoms with E-state index in [0.717, 1.165) is 44.9 Å². The molecule has 0 N–H and O–H groups in total. The molecule has 0 fully saturated rings. The second-order valence-corrected chi connectivity index (χ2v) is 6.89. The molecular formula is C24H19N3O2. The van der Waals surface area contributed by atoms with Gasteiger partial charge in [-0.25, -0.2) is 0 Å². The van der Waals surface area contributed by atoms with Crippen molar-refractivity contribution < 1.29 is 9.15 Å². The van der Waals surface area contributed by atoms with E-state index >= 15 is 0 Å². The molecule has 0 amide bonds. The van der Waals surface area contributed by atoms with Gasteiger partial charge in [-0.3, -0.25) is 9.67 Å². The van der Waals surface area contributed by atoms with Crippen molar-refractivity contribution in [1.29, 1.82) is 0 Å². The van der Waals surface area contributed by atoms with E-state index in [2.05, 4.69) is 22.2 Å². The van der Waals surface area contributed by atoms with Crippen LogP contribution in [0.4, 0.5) is 0 Å². The minimum Gasteiger partial charge on any atom is -0.489 e. The molecule has 2 aromatic carbocycles. The minimum absolute atomic E-state index is 0.525. The van der Waals surface area contributed by atoms with E-state index in [-0.39, 0.29) is 0 Å².